The van der Waals surface area contributed by atoms with Crippen LogP contribution in [-0.4, -0.2) is 0 Å². The molecule has 4 nitrogen and oxygen atoms in total. The zero-order chi connectivity index (χ0) is 62.1. The van der Waals surface area contributed by atoms with Gasteiger partial charge in [0.05, 0.1) is 0 Å². The fourth-order valence-electron chi connectivity index (χ4n) is 14.6. The highest BCUT2D eigenvalue weighted by Crippen LogP contribution is 2.51. The number of benzene rings is 18. The second-order valence-corrected chi connectivity index (χ2v) is 24.5. The highest BCUT2D eigenvalue weighted by molar-refractivity contribution is 6.40. The lowest BCUT2D eigenvalue weighted by atomic mass is 9.86. The number of para-hydroxylation sites is 4. The van der Waals surface area contributed by atoms with Crippen LogP contribution in [0.3, 0.4) is 0 Å². The van der Waals surface area contributed by atoms with E-state index in [2.05, 4.69) is 384 Å². The Hall–Kier alpha value is -12.5. The van der Waals surface area contributed by atoms with Gasteiger partial charge in [0.1, 0.15) is 0 Å². The largest absolute Gasteiger partial charge is 0.310 e. The summed E-state index contributed by atoms with van der Waals surface area (Å²) in [7, 11) is 0. The summed E-state index contributed by atoms with van der Waals surface area (Å²) in [4.78, 5) is 9.71. The van der Waals surface area contributed by atoms with Gasteiger partial charge in [0.15, 0.2) is 0 Å². The van der Waals surface area contributed by atoms with Gasteiger partial charge in [-0.3, -0.25) is 0 Å². The number of fused-ring (bicyclic) bond motifs is 15. The first-order valence-electron chi connectivity index (χ1n) is 32.3. The number of nitrogens with zero attached hydrogens (tertiary/aromatic N) is 4. The van der Waals surface area contributed by atoms with E-state index in [9.17, 15) is 0 Å². The second kappa shape index (κ2) is 22.8. The molecule has 18 rings (SSSR count). The van der Waals surface area contributed by atoms with E-state index in [4.69, 9.17) is 0 Å². The van der Waals surface area contributed by atoms with Gasteiger partial charge in [-0.25, -0.2) is 0 Å². The lowest BCUT2D eigenvalue weighted by Crippen LogP contribution is -2.11. The molecular weight excluding hydrogens is 1140 g/mol. The Bertz CT molecular complexity index is 5690. The van der Waals surface area contributed by atoms with Crippen LogP contribution in [0.5, 0.6) is 0 Å². The van der Waals surface area contributed by atoms with Crippen molar-refractivity contribution in [2.45, 2.75) is 0 Å². The molecule has 440 valence electrons. The van der Waals surface area contributed by atoms with Crippen LogP contribution in [0.25, 0.3) is 97.0 Å². The maximum atomic E-state index is 2.49. The molecule has 0 radical (unpaired) electrons. The third kappa shape index (κ3) is 9.47. The molecule has 0 saturated heterocycles. The van der Waals surface area contributed by atoms with Crippen LogP contribution in [0, 0.1) is 0 Å². The lowest BCUT2D eigenvalue weighted by molar-refractivity contribution is 1.29. The van der Waals surface area contributed by atoms with E-state index in [-0.39, 0.29) is 0 Å². The molecular formula is C90H60N4. The smallest absolute Gasteiger partial charge is 0.0468 e. The van der Waals surface area contributed by atoms with E-state index in [1.807, 2.05) is 0 Å². The highest BCUT2D eigenvalue weighted by atomic mass is 15.2. The predicted octanol–water partition coefficient (Wildman–Crippen LogP) is 25.9. The van der Waals surface area contributed by atoms with Gasteiger partial charge >= 0.3 is 0 Å². The van der Waals surface area contributed by atoms with Crippen LogP contribution in [0.1, 0.15) is 0 Å². The molecule has 94 heavy (non-hydrogen) atoms. The summed E-state index contributed by atoms with van der Waals surface area (Å²) in [5.41, 5.74) is 12.9. The van der Waals surface area contributed by atoms with Crippen molar-refractivity contribution in [3.8, 4) is 0 Å². The first-order valence-corrected chi connectivity index (χ1v) is 32.3. The minimum Gasteiger partial charge on any atom is -0.310 e. The summed E-state index contributed by atoms with van der Waals surface area (Å²) in [6, 6.07) is 134. The topological polar surface area (TPSA) is 13.0 Å². The van der Waals surface area contributed by atoms with Gasteiger partial charge in [-0.15, -0.1) is 0 Å². The van der Waals surface area contributed by atoms with Crippen LogP contribution in [0.15, 0.2) is 364 Å². The molecule has 0 heterocycles. The molecule has 0 aromatic heterocycles. The quantitative estimate of drug-likeness (QED) is 0.113. The van der Waals surface area contributed by atoms with Gasteiger partial charge in [0.2, 0.25) is 0 Å². The molecule has 0 bridgehead atoms. The van der Waals surface area contributed by atoms with E-state index in [0.717, 1.165) is 89.8 Å². The van der Waals surface area contributed by atoms with Crippen LogP contribution in [0.4, 0.5) is 68.2 Å². The summed E-state index contributed by atoms with van der Waals surface area (Å²) in [5, 5.41) is 21.2. The number of anilines is 12. The van der Waals surface area contributed by atoms with E-state index in [1.165, 1.54) is 75.4 Å². The van der Waals surface area contributed by atoms with Gasteiger partial charge in [0.25, 0.3) is 0 Å². The SMILES string of the molecule is c1ccc(N(c2ccccc2)c2ccc3c4ccc(N(c5ccccc5)c5ccc6ccccc6c5)cc4c4c5cc(N(c6ccccc6)c6ccc7ccccc7c6)ccc5c5ccc(N(c6ccc7ccccc7c6)c6ccc7ccccc7c6)cc5c4c3c2)cc1. The average molecular weight is 1200 g/mol. The van der Waals surface area contributed by atoms with E-state index < -0.39 is 0 Å². The minimum atomic E-state index is 1.06. The van der Waals surface area contributed by atoms with Crippen molar-refractivity contribution in [1.82, 2.24) is 0 Å². The monoisotopic (exact) mass is 1200 g/mol. The summed E-state index contributed by atoms with van der Waals surface area (Å²) >= 11 is 0. The number of rotatable bonds is 12. The lowest BCUT2D eigenvalue weighted by Gasteiger charge is -2.29. The molecule has 0 aliphatic carbocycles. The second-order valence-electron chi connectivity index (χ2n) is 24.5. The van der Waals surface area contributed by atoms with Crippen LogP contribution in [-0.2, 0) is 0 Å². The molecule has 18 aromatic rings. The van der Waals surface area contributed by atoms with Gasteiger partial charge < -0.3 is 19.6 Å². The highest BCUT2D eigenvalue weighted by Gasteiger charge is 2.25. The Balaban J connectivity index is 0.995. The van der Waals surface area contributed by atoms with Crippen molar-refractivity contribution in [3.05, 3.63) is 364 Å². The number of hydrogen-bond acceptors (Lipinski definition) is 4. The van der Waals surface area contributed by atoms with E-state index in [0.29, 0.717) is 0 Å². The molecule has 4 heteroatoms. The Morgan fingerprint density at radius 2 is 0.298 bits per heavy atom. The van der Waals surface area contributed by atoms with Gasteiger partial charge in [-0.2, -0.15) is 0 Å². The van der Waals surface area contributed by atoms with Crippen molar-refractivity contribution in [2.24, 2.45) is 0 Å². The minimum absolute atomic E-state index is 1.06. The van der Waals surface area contributed by atoms with Crippen LogP contribution >= 0.6 is 0 Å². The standard InChI is InChI=1S/C90H60N4/c1-5-29-69(30-6-1)91(70-31-7-2-8-32-70)77-45-49-81-82-50-46-78(92(71-33-9-3-10-34-71)73-41-37-61-21-13-17-25-65(61)53-73)58-86(82)90-87-59-79(93(72-35-11-4-12-36-72)74-42-38-62-22-14-18-26-66(62)54-74)47-51-83(87)84-52-48-80(60-88(84)89(90)85(81)57-77)94(75-43-39-63-23-15-19-27-67(63)55-75)76-44-40-64-24-16-20-28-68(64)56-76/h1-60H. The summed E-state index contributed by atoms with van der Waals surface area (Å²) < 4.78 is 0. The van der Waals surface area contributed by atoms with Gasteiger partial charge in [-0.05, 0) is 243 Å². The molecule has 0 atom stereocenters. The summed E-state index contributed by atoms with van der Waals surface area (Å²) in [5.74, 6) is 0. The first kappa shape index (κ1) is 54.4. The maximum absolute atomic E-state index is 2.49. The predicted molar refractivity (Wildman–Crippen MR) is 403 cm³/mol. The molecule has 0 N–H and O–H groups in total. The van der Waals surface area contributed by atoms with Crippen molar-refractivity contribution >= 4 is 165 Å². The zero-order valence-corrected chi connectivity index (χ0v) is 51.4. The maximum Gasteiger partial charge on any atom is 0.0468 e. The summed E-state index contributed by atoms with van der Waals surface area (Å²) in [6.45, 7) is 0. The fourth-order valence-corrected chi connectivity index (χ4v) is 14.6. The molecule has 0 fully saturated rings. The van der Waals surface area contributed by atoms with Crippen LogP contribution < -0.4 is 19.6 Å². The van der Waals surface area contributed by atoms with Crippen molar-refractivity contribution in [2.75, 3.05) is 19.6 Å². The normalized spacial score (nSPS) is 11.6. The van der Waals surface area contributed by atoms with Crippen molar-refractivity contribution in [3.63, 3.8) is 0 Å². The van der Waals surface area contributed by atoms with Crippen LogP contribution in [0.2, 0.25) is 0 Å². The third-order valence-corrected chi connectivity index (χ3v) is 19.0. The third-order valence-electron chi connectivity index (χ3n) is 19.0. The zero-order valence-electron chi connectivity index (χ0n) is 51.4. The van der Waals surface area contributed by atoms with E-state index in [1.54, 1.807) is 0 Å². The number of hydrogen-bond donors (Lipinski definition) is 0. The Labute approximate surface area is 545 Å². The Kier molecular flexibility index (Phi) is 13.2. The van der Waals surface area contributed by atoms with Gasteiger partial charge in [0, 0.05) is 68.2 Å². The van der Waals surface area contributed by atoms with Crippen molar-refractivity contribution in [1.29, 1.82) is 0 Å². The molecule has 18 aromatic carbocycles. The van der Waals surface area contributed by atoms with Crippen molar-refractivity contribution < 1.29 is 0 Å². The first-order chi connectivity index (χ1) is 46.6. The fraction of sp³-hybridized carbons (Fsp3) is 0. The molecule has 0 amide bonds. The van der Waals surface area contributed by atoms with Gasteiger partial charge in [-0.1, -0.05) is 218 Å². The average Bonchev–Trinajstić information content (AvgIpc) is 0.700. The molecule has 0 unspecified atom stereocenters. The molecule has 0 saturated carbocycles. The Morgan fingerprint density at radius 1 is 0.117 bits per heavy atom. The molecule has 0 aliphatic heterocycles. The molecule has 0 aliphatic rings. The van der Waals surface area contributed by atoms with E-state index >= 15 is 0 Å². The molecule has 0 spiro atoms. The Morgan fingerprint density at radius 3 is 0.543 bits per heavy atom. The summed E-state index contributed by atoms with van der Waals surface area (Å²) in [6.07, 6.45) is 0.